The molecule has 0 aliphatic heterocycles. The fourth-order valence-corrected chi connectivity index (χ4v) is 2.47. The molecule has 0 atom stereocenters. The number of thiol groups is 1. The molecule has 20 heavy (non-hydrogen) atoms. The summed E-state index contributed by atoms with van der Waals surface area (Å²) in [4.78, 5) is 12.7. The number of nitrogens with one attached hydrogen (secondary N) is 1. The molecule has 0 unspecified atom stereocenters. The highest BCUT2D eigenvalue weighted by atomic mass is 79.9. The number of hydrogen-bond donors (Lipinski definition) is 2. The van der Waals surface area contributed by atoms with Crippen LogP contribution in [0, 0.1) is 11.6 Å². The van der Waals surface area contributed by atoms with Crippen LogP contribution in [0.4, 0.5) is 14.5 Å². The first-order chi connectivity index (χ1) is 9.38. The van der Waals surface area contributed by atoms with Crippen molar-refractivity contribution in [1.82, 2.24) is 0 Å². The summed E-state index contributed by atoms with van der Waals surface area (Å²) in [5, 5.41) is 2.39. The van der Waals surface area contributed by atoms with Crippen molar-refractivity contribution in [2.75, 3.05) is 5.32 Å². The molecule has 1 N–H and O–H groups in total. The van der Waals surface area contributed by atoms with Crippen molar-refractivity contribution in [2.24, 2.45) is 0 Å². The number of hydrogen-bond acceptors (Lipinski definition) is 2. The number of anilines is 1. The molecule has 0 bridgehead atoms. The van der Waals surface area contributed by atoms with Crippen LogP contribution in [-0.4, -0.2) is 5.91 Å². The lowest BCUT2D eigenvalue weighted by Crippen LogP contribution is -2.14. The van der Waals surface area contributed by atoms with Crippen molar-refractivity contribution >= 4 is 56.1 Å². The van der Waals surface area contributed by atoms with Gasteiger partial charge in [-0.3, -0.25) is 4.79 Å². The highest BCUT2D eigenvalue weighted by Crippen LogP contribution is 2.26. The van der Waals surface area contributed by atoms with Gasteiger partial charge in [-0.15, -0.1) is 12.6 Å². The number of rotatable bonds is 2. The third-order valence-corrected chi connectivity index (χ3v) is 4.03. The first-order valence-corrected chi connectivity index (χ1v) is 7.36. The number of halogens is 4. The van der Waals surface area contributed by atoms with E-state index in [0.717, 1.165) is 0 Å². The van der Waals surface area contributed by atoms with Crippen LogP contribution in [0.15, 0.2) is 44.2 Å². The Bertz CT molecular complexity index is 694. The third-order valence-electron chi connectivity index (χ3n) is 2.45. The van der Waals surface area contributed by atoms with Gasteiger partial charge in [0.25, 0.3) is 5.91 Å². The van der Waals surface area contributed by atoms with Crippen LogP contribution in [0.25, 0.3) is 0 Å². The normalized spacial score (nSPS) is 10.4. The smallest absolute Gasteiger partial charge is 0.256 e. The topological polar surface area (TPSA) is 29.1 Å². The Kier molecular flexibility index (Phi) is 4.82. The minimum absolute atomic E-state index is 0.0659. The van der Waals surface area contributed by atoms with E-state index in [0.29, 0.717) is 21.0 Å². The predicted molar refractivity (Wildman–Crippen MR) is 83.4 cm³/mol. The van der Waals surface area contributed by atoms with Crippen LogP contribution in [0.5, 0.6) is 0 Å². The molecule has 0 saturated heterocycles. The number of benzene rings is 2. The van der Waals surface area contributed by atoms with Crippen molar-refractivity contribution in [3.8, 4) is 0 Å². The third kappa shape index (κ3) is 3.39. The zero-order valence-corrected chi connectivity index (χ0v) is 13.8. The van der Waals surface area contributed by atoms with Gasteiger partial charge >= 0.3 is 0 Å². The van der Waals surface area contributed by atoms with E-state index in [2.05, 4.69) is 49.8 Å². The standard InChI is InChI=1S/C13H7Br2F2NOS/c14-8-2-1-6(20)3-7(8)13(19)18-12-4-9(15)10(16)5-11(12)17/h1-5,20H,(H,18,19). The second-order valence-electron chi connectivity index (χ2n) is 3.86. The molecule has 1 amide bonds. The lowest BCUT2D eigenvalue weighted by molar-refractivity contribution is 0.102. The molecule has 0 spiro atoms. The van der Waals surface area contributed by atoms with Crippen molar-refractivity contribution in [3.63, 3.8) is 0 Å². The Morgan fingerprint density at radius 1 is 1.05 bits per heavy atom. The maximum atomic E-state index is 13.6. The maximum Gasteiger partial charge on any atom is 0.256 e. The quantitative estimate of drug-likeness (QED) is 0.515. The Hall–Kier alpha value is -0.920. The van der Waals surface area contributed by atoms with Gasteiger partial charge < -0.3 is 5.32 Å². The number of carbonyl (C=O) groups excluding carboxylic acids is 1. The lowest BCUT2D eigenvalue weighted by atomic mass is 10.2. The summed E-state index contributed by atoms with van der Waals surface area (Å²) in [6, 6.07) is 6.77. The highest BCUT2D eigenvalue weighted by molar-refractivity contribution is 9.10. The molecule has 0 aromatic heterocycles. The van der Waals surface area contributed by atoms with Crippen LogP contribution in [0.1, 0.15) is 10.4 Å². The fraction of sp³-hybridized carbons (Fsp3) is 0. The minimum Gasteiger partial charge on any atom is -0.319 e. The molecular weight excluding hydrogens is 416 g/mol. The van der Waals surface area contributed by atoms with E-state index in [-0.39, 0.29) is 10.2 Å². The highest BCUT2D eigenvalue weighted by Gasteiger charge is 2.14. The molecule has 0 aliphatic carbocycles. The van der Waals surface area contributed by atoms with E-state index >= 15 is 0 Å². The second kappa shape index (κ2) is 6.24. The zero-order valence-electron chi connectivity index (χ0n) is 9.75. The lowest BCUT2D eigenvalue weighted by Gasteiger charge is -2.09. The zero-order chi connectivity index (χ0) is 14.9. The molecule has 0 radical (unpaired) electrons. The molecule has 2 aromatic rings. The Morgan fingerprint density at radius 2 is 1.75 bits per heavy atom. The molecule has 7 heteroatoms. The molecule has 2 nitrogen and oxygen atoms in total. The van der Waals surface area contributed by atoms with Gasteiger partial charge in [0.1, 0.15) is 11.6 Å². The summed E-state index contributed by atoms with van der Waals surface area (Å²) in [6.45, 7) is 0. The summed E-state index contributed by atoms with van der Waals surface area (Å²) >= 11 is 10.3. The first-order valence-electron chi connectivity index (χ1n) is 5.33. The molecule has 104 valence electrons. The fourth-order valence-electron chi connectivity index (χ4n) is 1.50. The summed E-state index contributed by atoms with van der Waals surface area (Å²) in [5.41, 5.74) is 0.192. The van der Waals surface area contributed by atoms with Gasteiger partial charge in [-0.05, 0) is 56.1 Å². The largest absolute Gasteiger partial charge is 0.319 e. The maximum absolute atomic E-state index is 13.6. The van der Waals surface area contributed by atoms with Gasteiger partial charge in [-0.2, -0.15) is 0 Å². The summed E-state index contributed by atoms with van der Waals surface area (Å²) in [5.74, 6) is -2.11. The van der Waals surface area contributed by atoms with Gasteiger partial charge in [-0.1, -0.05) is 0 Å². The first kappa shape index (κ1) is 15.5. The average Bonchev–Trinajstić information content (AvgIpc) is 2.38. The van der Waals surface area contributed by atoms with E-state index < -0.39 is 17.5 Å². The summed E-state index contributed by atoms with van der Waals surface area (Å²) in [7, 11) is 0. The molecular formula is C13H7Br2F2NOS. The molecule has 2 aromatic carbocycles. The van der Waals surface area contributed by atoms with E-state index in [4.69, 9.17) is 0 Å². The van der Waals surface area contributed by atoms with E-state index in [9.17, 15) is 13.6 Å². The SMILES string of the molecule is O=C(Nc1cc(Br)c(F)cc1F)c1cc(S)ccc1Br. The predicted octanol–water partition coefficient (Wildman–Crippen LogP) is 5.03. The van der Waals surface area contributed by atoms with Crippen LogP contribution in [0.2, 0.25) is 0 Å². The van der Waals surface area contributed by atoms with E-state index in [1.165, 1.54) is 6.07 Å². The molecule has 2 rings (SSSR count). The van der Waals surface area contributed by atoms with Crippen molar-refractivity contribution < 1.29 is 13.6 Å². The van der Waals surface area contributed by atoms with Crippen molar-refractivity contribution in [1.29, 1.82) is 0 Å². The average molecular weight is 423 g/mol. The van der Waals surface area contributed by atoms with Crippen molar-refractivity contribution in [2.45, 2.75) is 4.90 Å². The molecule has 0 saturated carbocycles. The van der Waals surface area contributed by atoms with Crippen LogP contribution in [-0.2, 0) is 0 Å². The van der Waals surface area contributed by atoms with Gasteiger partial charge in [0.05, 0.1) is 15.7 Å². The van der Waals surface area contributed by atoms with Gasteiger partial charge in [0.2, 0.25) is 0 Å². The Balaban J connectivity index is 2.32. The Labute approximate surface area is 136 Å². The monoisotopic (exact) mass is 421 g/mol. The van der Waals surface area contributed by atoms with Crippen LogP contribution >= 0.6 is 44.5 Å². The van der Waals surface area contributed by atoms with Gasteiger partial charge in [0, 0.05) is 15.4 Å². The van der Waals surface area contributed by atoms with Crippen molar-refractivity contribution in [3.05, 3.63) is 56.5 Å². The summed E-state index contributed by atoms with van der Waals surface area (Å²) < 4.78 is 27.3. The molecule has 0 heterocycles. The summed E-state index contributed by atoms with van der Waals surface area (Å²) in [6.07, 6.45) is 0. The molecule has 0 aliphatic rings. The number of amides is 1. The number of carbonyl (C=O) groups is 1. The Morgan fingerprint density at radius 3 is 2.45 bits per heavy atom. The second-order valence-corrected chi connectivity index (χ2v) is 6.09. The van der Waals surface area contributed by atoms with Gasteiger partial charge in [0.15, 0.2) is 0 Å². The van der Waals surface area contributed by atoms with Gasteiger partial charge in [-0.25, -0.2) is 8.78 Å². The van der Waals surface area contributed by atoms with Crippen LogP contribution < -0.4 is 5.32 Å². The van der Waals surface area contributed by atoms with E-state index in [1.54, 1.807) is 18.2 Å². The van der Waals surface area contributed by atoms with E-state index in [1.807, 2.05) is 0 Å². The van der Waals surface area contributed by atoms with Crippen LogP contribution in [0.3, 0.4) is 0 Å². The minimum atomic E-state index is -0.850. The molecule has 0 fully saturated rings.